The summed E-state index contributed by atoms with van der Waals surface area (Å²) in [7, 11) is 0. The van der Waals surface area contributed by atoms with Crippen molar-refractivity contribution < 1.29 is 14.5 Å². The number of amides is 1. The molecule has 0 saturated carbocycles. The Hall–Kier alpha value is -3.00. The molecule has 2 rings (SSSR count). The third-order valence-corrected chi connectivity index (χ3v) is 3.35. The molecule has 2 N–H and O–H groups in total. The molecule has 8 heteroatoms. The van der Waals surface area contributed by atoms with Crippen molar-refractivity contribution in [3.05, 3.63) is 64.2 Å². The van der Waals surface area contributed by atoms with Gasteiger partial charge in [0.15, 0.2) is 5.11 Å². The van der Waals surface area contributed by atoms with Crippen LogP contribution >= 0.6 is 12.2 Å². The number of thiocarbonyl (C=S) groups is 1. The highest BCUT2D eigenvalue weighted by Gasteiger charge is 2.15. The lowest BCUT2D eigenvalue weighted by Crippen LogP contribution is -2.34. The van der Waals surface area contributed by atoms with E-state index in [1.54, 1.807) is 36.4 Å². The third kappa shape index (κ3) is 5.25. The fraction of sp³-hybridized carbons (Fsp3) is 0.176. The van der Waals surface area contributed by atoms with Crippen LogP contribution in [0.25, 0.3) is 0 Å². The van der Waals surface area contributed by atoms with Crippen LogP contribution in [0.2, 0.25) is 0 Å². The number of nitro groups is 1. The molecule has 0 saturated heterocycles. The standard InChI is InChI=1S/C17H17N3O4S/c1-2-10-24-13-7-5-6-12(11-13)16(21)19-17(25)18-14-8-3-4-9-15(14)20(22)23/h3-9,11H,2,10H2,1H3,(H2,18,19,21,25). The number of hydrogen-bond donors (Lipinski definition) is 2. The van der Waals surface area contributed by atoms with E-state index in [4.69, 9.17) is 17.0 Å². The van der Waals surface area contributed by atoms with E-state index in [1.165, 1.54) is 12.1 Å². The fourth-order valence-electron chi connectivity index (χ4n) is 2.01. The Bertz CT molecular complexity index is 795. The van der Waals surface area contributed by atoms with Crippen LogP contribution in [0.4, 0.5) is 11.4 Å². The number of nitrogens with one attached hydrogen (secondary N) is 2. The van der Waals surface area contributed by atoms with Gasteiger partial charge in [0, 0.05) is 11.6 Å². The number of nitrogens with zero attached hydrogens (tertiary/aromatic N) is 1. The van der Waals surface area contributed by atoms with Crippen molar-refractivity contribution >= 4 is 34.6 Å². The van der Waals surface area contributed by atoms with Crippen molar-refractivity contribution in [2.75, 3.05) is 11.9 Å². The first-order valence-electron chi connectivity index (χ1n) is 7.60. The topological polar surface area (TPSA) is 93.5 Å². The molecule has 25 heavy (non-hydrogen) atoms. The SMILES string of the molecule is CCCOc1cccc(C(=O)NC(=S)Nc2ccccc2[N+](=O)[O-])c1. The van der Waals surface area contributed by atoms with Gasteiger partial charge in [-0.05, 0) is 42.9 Å². The summed E-state index contributed by atoms with van der Waals surface area (Å²) < 4.78 is 5.49. The molecule has 0 fully saturated rings. The fourth-order valence-corrected chi connectivity index (χ4v) is 2.22. The van der Waals surface area contributed by atoms with Crippen molar-refractivity contribution in [1.29, 1.82) is 0 Å². The first-order chi connectivity index (χ1) is 12.0. The van der Waals surface area contributed by atoms with Crippen LogP contribution in [0.5, 0.6) is 5.75 Å². The summed E-state index contributed by atoms with van der Waals surface area (Å²) in [6, 6.07) is 12.7. The number of nitro benzene ring substituents is 1. The smallest absolute Gasteiger partial charge is 0.292 e. The lowest BCUT2D eigenvalue weighted by molar-refractivity contribution is -0.383. The molecule has 7 nitrogen and oxygen atoms in total. The largest absolute Gasteiger partial charge is 0.494 e. The average molecular weight is 359 g/mol. The molecule has 0 unspecified atom stereocenters. The molecule has 0 heterocycles. The second kappa shape index (κ2) is 8.74. The minimum absolute atomic E-state index is 0.0285. The van der Waals surface area contributed by atoms with Gasteiger partial charge >= 0.3 is 0 Å². The minimum atomic E-state index is -0.526. The van der Waals surface area contributed by atoms with Gasteiger partial charge in [-0.25, -0.2) is 0 Å². The molecule has 2 aromatic rings. The molecular formula is C17H17N3O4S. The summed E-state index contributed by atoms with van der Waals surface area (Å²) in [4.78, 5) is 22.7. The Balaban J connectivity index is 2.03. The van der Waals surface area contributed by atoms with Gasteiger partial charge in [-0.2, -0.15) is 0 Å². The van der Waals surface area contributed by atoms with Crippen molar-refractivity contribution in [2.24, 2.45) is 0 Å². The Morgan fingerprint density at radius 2 is 2.00 bits per heavy atom. The lowest BCUT2D eigenvalue weighted by atomic mass is 10.2. The molecular weight excluding hydrogens is 342 g/mol. The number of rotatable bonds is 6. The van der Waals surface area contributed by atoms with Crippen molar-refractivity contribution in [2.45, 2.75) is 13.3 Å². The highest BCUT2D eigenvalue weighted by Crippen LogP contribution is 2.23. The zero-order valence-corrected chi connectivity index (χ0v) is 14.3. The highest BCUT2D eigenvalue weighted by atomic mass is 32.1. The van der Waals surface area contributed by atoms with E-state index in [9.17, 15) is 14.9 Å². The quantitative estimate of drug-likeness (QED) is 0.466. The number of ether oxygens (including phenoxy) is 1. The molecule has 0 aromatic heterocycles. The lowest BCUT2D eigenvalue weighted by Gasteiger charge is -2.11. The molecule has 130 valence electrons. The monoisotopic (exact) mass is 359 g/mol. The normalized spacial score (nSPS) is 9.96. The molecule has 0 spiro atoms. The van der Waals surface area contributed by atoms with E-state index >= 15 is 0 Å². The third-order valence-electron chi connectivity index (χ3n) is 3.15. The van der Waals surface area contributed by atoms with Crippen LogP contribution in [0.15, 0.2) is 48.5 Å². The van der Waals surface area contributed by atoms with Gasteiger partial charge in [0.1, 0.15) is 11.4 Å². The molecule has 0 aliphatic carbocycles. The zero-order valence-electron chi connectivity index (χ0n) is 13.5. The van der Waals surface area contributed by atoms with Crippen LogP contribution in [-0.2, 0) is 0 Å². The van der Waals surface area contributed by atoms with Gasteiger partial charge in [-0.3, -0.25) is 20.2 Å². The van der Waals surface area contributed by atoms with E-state index in [-0.39, 0.29) is 16.5 Å². The minimum Gasteiger partial charge on any atom is -0.494 e. The summed E-state index contributed by atoms with van der Waals surface area (Å²) in [6.07, 6.45) is 0.861. The molecule has 0 bridgehead atoms. The van der Waals surface area contributed by atoms with E-state index in [2.05, 4.69) is 10.6 Å². The number of carbonyl (C=O) groups excluding carboxylic acids is 1. The van der Waals surface area contributed by atoms with Gasteiger partial charge in [0.25, 0.3) is 11.6 Å². The Labute approximate surface area is 150 Å². The maximum Gasteiger partial charge on any atom is 0.292 e. The predicted molar refractivity (Wildman–Crippen MR) is 99.0 cm³/mol. The van der Waals surface area contributed by atoms with Gasteiger partial charge < -0.3 is 10.1 Å². The van der Waals surface area contributed by atoms with E-state index in [0.29, 0.717) is 17.9 Å². The second-order valence-electron chi connectivity index (χ2n) is 5.06. The highest BCUT2D eigenvalue weighted by molar-refractivity contribution is 7.80. The summed E-state index contributed by atoms with van der Waals surface area (Å²) in [6.45, 7) is 2.55. The molecule has 0 aliphatic rings. The Kier molecular flexibility index (Phi) is 6.41. The van der Waals surface area contributed by atoms with Crippen LogP contribution in [0.3, 0.4) is 0 Å². The molecule has 0 radical (unpaired) electrons. The number of anilines is 1. The van der Waals surface area contributed by atoms with Crippen molar-refractivity contribution in [3.63, 3.8) is 0 Å². The van der Waals surface area contributed by atoms with Gasteiger partial charge in [0.2, 0.25) is 0 Å². The summed E-state index contributed by atoms with van der Waals surface area (Å²) >= 11 is 5.06. The summed E-state index contributed by atoms with van der Waals surface area (Å²) in [5.74, 6) is 0.158. The second-order valence-corrected chi connectivity index (χ2v) is 5.47. The van der Waals surface area contributed by atoms with Gasteiger partial charge in [-0.1, -0.05) is 25.1 Å². The number of benzene rings is 2. The number of para-hydroxylation sites is 2. The maximum atomic E-state index is 12.3. The average Bonchev–Trinajstić information content (AvgIpc) is 2.60. The van der Waals surface area contributed by atoms with E-state index in [1.807, 2.05) is 6.92 Å². The van der Waals surface area contributed by atoms with Crippen LogP contribution in [0, 0.1) is 10.1 Å². The molecule has 1 amide bonds. The molecule has 0 aliphatic heterocycles. The van der Waals surface area contributed by atoms with Crippen molar-refractivity contribution in [3.8, 4) is 5.75 Å². The Morgan fingerprint density at radius 3 is 2.72 bits per heavy atom. The Morgan fingerprint density at radius 1 is 1.24 bits per heavy atom. The molecule has 0 atom stereocenters. The number of carbonyl (C=O) groups is 1. The number of hydrogen-bond acceptors (Lipinski definition) is 5. The first kappa shape index (κ1) is 18.3. The van der Waals surface area contributed by atoms with E-state index < -0.39 is 10.8 Å². The zero-order chi connectivity index (χ0) is 18.2. The van der Waals surface area contributed by atoms with E-state index in [0.717, 1.165) is 6.42 Å². The summed E-state index contributed by atoms with van der Waals surface area (Å²) in [5.41, 5.74) is 0.451. The van der Waals surface area contributed by atoms with Crippen LogP contribution in [0.1, 0.15) is 23.7 Å². The molecule has 2 aromatic carbocycles. The van der Waals surface area contributed by atoms with Gasteiger partial charge in [0.05, 0.1) is 11.5 Å². The van der Waals surface area contributed by atoms with Crippen LogP contribution in [-0.4, -0.2) is 22.5 Å². The first-order valence-corrected chi connectivity index (χ1v) is 8.00. The predicted octanol–water partition coefficient (Wildman–Crippen LogP) is 3.51. The maximum absolute atomic E-state index is 12.3. The van der Waals surface area contributed by atoms with Crippen molar-refractivity contribution in [1.82, 2.24) is 5.32 Å². The van der Waals surface area contributed by atoms with Gasteiger partial charge in [-0.15, -0.1) is 0 Å². The summed E-state index contributed by atoms with van der Waals surface area (Å²) in [5, 5.41) is 16.1. The van der Waals surface area contributed by atoms with Crippen LogP contribution < -0.4 is 15.4 Å².